The number of hydrogen-bond donors (Lipinski definition) is 1. The molecule has 3 rings (SSSR count). The molecule has 0 amide bonds. The van der Waals surface area contributed by atoms with E-state index in [2.05, 4.69) is 35.6 Å². The Balaban J connectivity index is 1.75. The van der Waals surface area contributed by atoms with E-state index in [0.717, 1.165) is 24.9 Å². The Morgan fingerprint density at radius 2 is 1.81 bits per heavy atom. The van der Waals surface area contributed by atoms with Gasteiger partial charge < -0.3 is 5.32 Å². The predicted molar refractivity (Wildman–Crippen MR) is 88.5 cm³/mol. The van der Waals surface area contributed by atoms with Crippen LogP contribution in [0.15, 0.2) is 42.5 Å². The zero-order valence-corrected chi connectivity index (χ0v) is 13.1. The van der Waals surface area contributed by atoms with Crippen LogP contribution in [-0.4, -0.2) is 26.0 Å². The molecular weight excluding hydrogens is 282 g/mol. The number of hydrogen-bond acceptors (Lipinski definition) is 3. The van der Waals surface area contributed by atoms with Crippen LogP contribution < -0.4 is 5.32 Å². The lowest BCUT2D eigenvalue weighted by atomic mass is 9.94. The fourth-order valence-corrected chi connectivity index (χ4v) is 4.36. The highest BCUT2D eigenvalue weighted by Crippen LogP contribution is 2.27. The van der Waals surface area contributed by atoms with Gasteiger partial charge in [-0.1, -0.05) is 36.8 Å². The van der Waals surface area contributed by atoms with Crippen molar-refractivity contribution >= 4 is 26.3 Å². The predicted octanol–water partition coefficient (Wildman–Crippen LogP) is 3.61. The third-order valence-electron chi connectivity index (χ3n) is 4.35. The summed E-state index contributed by atoms with van der Waals surface area (Å²) in [5.74, 6) is 0. The molecule has 4 heteroatoms. The minimum Gasteiger partial charge on any atom is -0.382 e. The maximum Gasteiger partial charge on any atom is 0.150 e. The third-order valence-corrected chi connectivity index (χ3v) is 5.99. The second kappa shape index (κ2) is 5.68. The highest BCUT2D eigenvalue weighted by Gasteiger charge is 2.28. The monoisotopic (exact) mass is 303 g/mol. The van der Waals surface area contributed by atoms with Crippen molar-refractivity contribution in [3.05, 3.63) is 42.5 Å². The van der Waals surface area contributed by atoms with Gasteiger partial charge in [0, 0.05) is 18.0 Å². The quantitative estimate of drug-likeness (QED) is 0.942. The van der Waals surface area contributed by atoms with Gasteiger partial charge in [-0.15, -0.1) is 0 Å². The van der Waals surface area contributed by atoms with E-state index in [4.69, 9.17) is 0 Å². The Kier molecular flexibility index (Phi) is 3.89. The summed E-state index contributed by atoms with van der Waals surface area (Å²) in [5.41, 5.74) is 1.08. The fraction of sp³-hybridized carbons (Fsp3) is 0.412. The molecule has 2 atom stereocenters. The Labute approximate surface area is 126 Å². The van der Waals surface area contributed by atoms with Gasteiger partial charge in [-0.3, -0.25) is 0 Å². The summed E-state index contributed by atoms with van der Waals surface area (Å²) in [6, 6.07) is 14.8. The van der Waals surface area contributed by atoms with Crippen molar-refractivity contribution in [1.82, 2.24) is 0 Å². The van der Waals surface area contributed by atoms with Crippen LogP contribution in [0, 0.1) is 0 Å². The standard InChI is InChI=1S/C17H21NO2S/c1-21(19,20)17-8-4-7-15(12-17)18-16-10-9-13-5-2-3-6-14(13)11-16/h2-3,5-6,9-11,15,17-18H,4,7-8,12H2,1H3. The van der Waals surface area contributed by atoms with E-state index >= 15 is 0 Å². The van der Waals surface area contributed by atoms with E-state index < -0.39 is 9.84 Å². The van der Waals surface area contributed by atoms with Gasteiger partial charge in [0.25, 0.3) is 0 Å². The van der Waals surface area contributed by atoms with Crippen LogP contribution in [0.5, 0.6) is 0 Å². The Morgan fingerprint density at radius 3 is 2.57 bits per heavy atom. The molecule has 2 aromatic carbocycles. The topological polar surface area (TPSA) is 46.2 Å². The summed E-state index contributed by atoms with van der Waals surface area (Å²) in [6.07, 6.45) is 4.89. The normalized spacial score (nSPS) is 23.1. The Hall–Kier alpha value is -1.55. The second-order valence-electron chi connectivity index (χ2n) is 6.02. The molecule has 2 aromatic rings. The van der Waals surface area contributed by atoms with Crippen LogP contribution in [0.2, 0.25) is 0 Å². The zero-order chi connectivity index (χ0) is 14.9. The average molecular weight is 303 g/mol. The van der Waals surface area contributed by atoms with E-state index in [1.807, 2.05) is 12.1 Å². The first-order valence-corrected chi connectivity index (χ1v) is 9.42. The summed E-state index contributed by atoms with van der Waals surface area (Å²) in [6.45, 7) is 0. The highest BCUT2D eigenvalue weighted by atomic mass is 32.2. The van der Waals surface area contributed by atoms with Gasteiger partial charge in [-0.2, -0.15) is 0 Å². The first kappa shape index (κ1) is 14.4. The van der Waals surface area contributed by atoms with Crippen LogP contribution in [0.1, 0.15) is 25.7 Å². The molecule has 0 radical (unpaired) electrons. The molecule has 1 aliphatic carbocycles. The van der Waals surface area contributed by atoms with E-state index in [-0.39, 0.29) is 11.3 Å². The molecule has 0 bridgehead atoms. The van der Waals surface area contributed by atoms with Crippen molar-refractivity contribution in [2.24, 2.45) is 0 Å². The third kappa shape index (κ3) is 3.38. The summed E-state index contributed by atoms with van der Waals surface area (Å²) in [5, 5.41) is 5.75. The van der Waals surface area contributed by atoms with Gasteiger partial charge in [0.15, 0.2) is 0 Å². The number of nitrogens with one attached hydrogen (secondary N) is 1. The molecule has 0 saturated heterocycles. The number of rotatable bonds is 3. The van der Waals surface area contributed by atoms with Crippen molar-refractivity contribution < 1.29 is 8.42 Å². The SMILES string of the molecule is CS(=O)(=O)C1CCCC(Nc2ccc3ccccc3c2)C1. The molecule has 3 nitrogen and oxygen atoms in total. The smallest absolute Gasteiger partial charge is 0.150 e. The molecule has 21 heavy (non-hydrogen) atoms. The average Bonchev–Trinajstić information content (AvgIpc) is 2.46. The van der Waals surface area contributed by atoms with E-state index in [9.17, 15) is 8.42 Å². The van der Waals surface area contributed by atoms with Crippen LogP contribution in [0.3, 0.4) is 0 Å². The molecule has 2 unspecified atom stereocenters. The van der Waals surface area contributed by atoms with Crippen molar-refractivity contribution in [2.75, 3.05) is 11.6 Å². The van der Waals surface area contributed by atoms with Crippen molar-refractivity contribution in [3.63, 3.8) is 0 Å². The van der Waals surface area contributed by atoms with Crippen LogP contribution in [-0.2, 0) is 9.84 Å². The fourth-order valence-electron chi connectivity index (χ4n) is 3.18. The summed E-state index contributed by atoms with van der Waals surface area (Å²) in [4.78, 5) is 0. The van der Waals surface area contributed by atoms with Crippen LogP contribution in [0.25, 0.3) is 10.8 Å². The zero-order valence-electron chi connectivity index (χ0n) is 12.2. The van der Waals surface area contributed by atoms with Crippen molar-refractivity contribution in [3.8, 4) is 0 Å². The minimum absolute atomic E-state index is 0.191. The molecule has 1 N–H and O–H groups in total. The van der Waals surface area contributed by atoms with Gasteiger partial charge in [0.1, 0.15) is 9.84 Å². The lowest BCUT2D eigenvalue weighted by Crippen LogP contribution is -2.34. The molecule has 0 aromatic heterocycles. The maximum atomic E-state index is 11.7. The molecular formula is C17H21NO2S. The van der Waals surface area contributed by atoms with Gasteiger partial charge >= 0.3 is 0 Å². The number of fused-ring (bicyclic) bond motifs is 1. The van der Waals surface area contributed by atoms with Crippen LogP contribution in [0.4, 0.5) is 5.69 Å². The van der Waals surface area contributed by atoms with Crippen LogP contribution >= 0.6 is 0 Å². The Bertz CT molecular complexity index is 739. The summed E-state index contributed by atoms with van der Waals surface area (Å²) < 4.78 is 23.5. The lowest BCUT2D eigenvalue weighted by molar-refractivity contribution is 0.453. The van der Waals surface area contributed by atoms with Gasteiger partial charge in [-0.25, -0.2) is 8.42 Å². The molecule has 0 spiro atoms. The summed E-state index contributed by atoms with van der Waals surface area (Å²) >= 11 is 0. The van der Waals surface area contributed by atoms with Gasteiger partial charge in [-0.05, 0) is 42.2 Å². The van der Waals surface area contributed by atoms with Gasteiger partial charge in [0.2, 0.25) is 0 Å². The number of benzene rings is 2. The van der Waals surface area contributed by atoms with E-state index in [0.29, 0.717) is 6.42 Å². The summed E-state index contributed by atoms with van der Waals surface area (Å²) in [7, 11) is -2.93. The van der Waals surface area contributed by atoms with Gasteiger partial charge in [0.05, 0.1) is 5.25 Å². The largest absolute Gasteiger partial charge is 0.382 e. The van der Waals surface area contributed by atoms with Crippen molar-refractivity contribution in [1.29, 1.82) is 0 Å². The molecule has 0 heterocycles. The molecule has 1 aliphatic rings. The first-order chi connectivity index (χ1) is 10.0. The first-order valence-electron chi connectivity index (χ1n) is 7.46. The molecule has 1 saturated carbocycles. The lowest BCUT2D eigenvalue weighted by Gasteiger charge is -2.29. The second-order valence-corrected chi connectivity index (χ2v) is 8.35. The highest BCUT2D eigenvalue weighted by molar-refractivity contribution is 7.91. The van der Waals surface area contributed by atoms with E-state index in [1.54, 1.807) is 0 Å². The Morgan fingerprint density at radius 1 is 1.05 bits per heavy atom. The maximum absolute atomic E-state index is 11.7. The number of anilines is 1. The molecule has 112 valence electrons. The van der Waals surface area contributed by atoms with E-state index in [1.165, 1.54) is 17.0 Å². The number of sulfone groups is 1. The minimum atomic E-state index is -2.93. The molecule has 0 aliphatic heterocycles. The molecule has 1 fully saturated rings. The van der Waals surface area contributed by atoms with Crippen molar-refractivity contribution in [2.45, 2.75) is 37.0 Å².